The minimum Gasteiger partial charge on any atom is -0.353 e. The number of rotatable bonds is 3. The number of nitrogens with one attached hydrogen (secondary N) is 1. The highest BCUT2D eigenvalue weighted by molar-refractivity contribution is 7.22. The van der Waals surface area contributed by atoms with E-state index in [-0.39, 0.29) is 17.8 Å². The van der Waals surface area contributed by atoms with Crippen molar-refractivity contribution in [2.45, 2.75) is 39.2 Å². The summed E-state index contributed by atoms with van der Waals surface area (Å²) in [7, 11) is 0. The van der Waals surface area contributed by atoms with Crippen molar-refractivity contribution in [1.82, 2.24) is 4.98 Å². The minimum absolute atomic E-state index is 0.0105. The first kappa shape index (κ1) is 17.8. The van der Waals surface area contributed by atoms with Gasteiger partial charge in [0, 0.05) is 11.3 Å². The van der Waals surface area contributed by atoms with Crippen LogP contribution in [0.25, 0.3) is 10.2 Å². The van der Waals surface area contributed by atoms with Gasteiger partial charge in [0.05, 0.1) is 16.3 Å². The number of carbonyl (C=O) groups is 1. The number of thiazole rings is 1. The molecule has 4 rings (SSSR count). The van der Waals surface area contributed by atoms with Crippen molar-refractivity contribution in [3.05, 3.63) is 58.9 Å². The lowest BCUT2D eigenvalue weighted by molar-refractivity contribution is 0.100. The third-order valence-electron chi connectivity index (χ3n) is 4.92. The van der Waals surface area contributed by atoms with E-state index in [9.17, 15) is 9.18 Å². The summed E-state index contributed by atoms with van der Waals surface area (Å²) >= 11 is 1.42. The van der Waals surface area contributed by atoms with Crippen molar-refractivity contribution in [3.8, 4) is 0 Å². The Morgan fingerprint density at radius 2 is 2.04 bits per heavy atom. The molecule has 0 radical (unpaired) electrons. The molecule has 4 nitrogen and oxygen atoms in total. The topological polar surface area (TPSA) is 54.4 Å². The average molecular weight is 381 g/mol. The van der Waals surface area contributed by atoms with Gasteiger partial charge in [-0.25, -0.2) is 14.4 Å². The van der Waals surface area contributed by atoms with Crippen LogP contribution in [-0.4, -0.2) is 22.6 Å². The smallest absolute Gasteiger partial charge is 0.277 e. The number of benzene rings is 2. The molecule has 0 spiro atoms. The zero-order valence-electron chi connectivity index (χ0n) is 15.3. The number of amides is 1. The molecular formula is C21H20FN3OS. The maximum atomic E-state index is 13.4. The van der Waals surface area contributed by atoms with Crippen molar-refractivity contribution < 1.29 is 9.18 Å². The number of hydrogen-bond donors (Lipinski definition) is 1. The fourth-order valence-electron chi connectivity index (χ4n) is 3.56. The lowest BCUT2D eigenvalue weighted by Gasteiger charge is -2.13. The number of halogens is 1. The van der Waals surface area contributed by atoms with Crippen LogP contribution in [0, 0.1) is 19.7 Å². The molecule has 1 aliphatic rings. The Balaban J connectivity index is 1.58. The molecule has 1 saturated carbocycles. The number of aromatic nitrogens is 1. The van der Waals surface area contributed by atoms with E-state index in [1.54, 1.807) is 6.07 Å². The molecule has 1 heterocycles. The van der Waals surface area contributed by atoms with Crippen LogP contribution in [0.5, 0.6) is 0 Å². The van der Waals surface area contributed by atoms with Crippen LogP contribution in [0.15, 0.2) is 41.4 Å². The maximum Gasteiger partial charge on any atom is 0.277 e. The first-order valence-corrected chi connectivity index (χ1v) is 9.83. The van der Waals surface area contributed by atoms with Crippen molar-refractivity contribution in [3.63, 3.8) is 0 Å². The van der Waals surface area contributed by atoms with Gasteiger partial charge in [0.2, 0.25) is 0 Å². The molecule has 1 aromatic heterocycles. The molecule has 1 atom stereocenters. The first-order chi connectivity index (χ1) is 13.0. The molecule has 0 unspecified atom stereocenters. The van der Waals surface area contributed by atoms with Gasteiger partial charge in [0.15, 0.2) is 5.13 Å². The fourth-order valence-corrected chi connectivity index (χ4v) is 4.51. The highest BCUT2D eigenvalue weighted by atomic mass is 32.1. The Morgan fingerprint density at radius 3 is 2.81 bits per heavy atom. The van der Waals surface area contributed by atoms with E-state index in [4.69, 9.17) is 0 Å². The lowest BCUT2D eigenvalue weighted by Crippen LogP contribution is -2.25. The third-order valence-corrected chi connectivity index (χ3v) is 5.87. The predicted octanol–water partition coefficient (Wildman–Crippen LogP) is 5.30. The molecule has 138 valence electrons. The largest absolute Gasteiger partial charge is 0.353 e. The van der Waals surface area contributed by atoms with E-state index in [1.165, 1.54) is 23.5 Å². The van der Waals surface area contributed by atoms with Crippen LogP contribution in [0.3, 0.4) is 0 Å². The minimum atomic E-state index is -0.264. The van der Waals surface area contributed by atoms with Crippen LogP contribution >= 0.6 is 11.3 Å². The van der Waals surface area contributed by atoms with Crippen molar-refractivity contribution in [2.75, 3.05) is 5.32 Å². The van der Waals surface area contributed by atoms with Crippen LogP contribution in [0.4, 0.5) is 9.52 Å². The zero-order chi connectivity index (χ0) is 19.0. The number of hydrogen-bond acceptors (Lipinski definition) is 4. The van der Waals surface area contributed by atoms with Crippen LogP contribution in [0.1, 0.15) is 40.7 Å². The van der Waals surface area contributed by atoms with Crippen molar-refractivity contribution in [1.29, 1.82) is 0 Å². The molecule has 3 aromatic rings. The van der Waals surface area contributed by atoms with Crippen molar-refractivity contribution >= 4 is 38.3 Å². The van der Waals surface area contributed by atoms with E-state index in [0.29, 0.717) is 5.56 Å². The Labute approximate surface area is 161 Å². The molecule has 2 aromatic carbocycles. The highest BCUT2D eigenvalue weighted by Crippen LogP contribution is 2.29. The molecule has 1 N–H and O–H groups in total. The highest BCUT2D eigenvalue weighted by Gasteiger charge is 2.25. The van der Waals surface area contributed by atoms with Gasteiger partial charge in [-0.2, -0.15) is 0 Å². The summed E-state index contributed by atoms with van der Waals surface area (Å²) in [6, 6.07) is 10.4. The summed E-state index contributed by atoms with van der Waals surface area (Å²) in [5.41, 5.74) is 4.21. The quantitative estimate of drug-likeness (QED) is 0.670. The summed E-state index contributed by atoms with van der Waals surface area (Å²) in [6.07, 6.45) is 2.69. The lowest BCUT2D eigenvalue weighted by atomic mass is 10.0. The van der Waals surface area contributed by atoms with Crippen molar-refractivity contribution in [2.24, 2.45) is 4.99 Å². The number of fused-ring (bicyclic) bond motifs is 1. The van der Waals surface area contributed by atoms with Gasteiger partial charge < -0.3 is 5.32 Å². The second-order valence-corrected chi connectivity index (χ2v) is 7.93. The standard InChI is InChI=1S/C21H20FN3OS/c1-12-5-3-6-13(2)19(12)20(26)23-15-7-4-8-16(15)24-21-25-17-10-9-14(22)11-18(17)27-21/h3,5-6,9-11,16H,4,7-8H2,1-2H3,(H,24,25)/t16-/m0/s1. The van der Waals surface area contributed by atoms with E-state index >= 15 is 0 Å². The summed E-state index contributed by atoms with van der Waals surface area (Å²) in [4.78, 5) is 21.7. The summed E-state index contributed by atoms with van der Waals surface area (Å²) in [5, 5.41) is 4.12. The summed E-state index contributed by atoms with van der Waals surface area (Å²) < 4.78 is 14.2. The summed E-state index contributed by atoms with van der Waals surface area (Å²) in [6.45, 7) is 3.87. The fraction of sp³-hybridized carbons (Fsp3) is 0.286. The van der Waals surface area contributed by atoms with E-state index in [2.05, 4.69) is 15.3 Å². The predicted molar refractivity (Wildman–Crippen MR) is 109 cm³/mol. The zero-order valence-corrected chi connectivity index (χ0v) is 16.1. The molecule has 1 fully saturated rings. The maximum absolute atomic E-state index is 13.4. The second kappa shape index (κ2) is 7.19. The van der Waals surface area contributed by atoms with E-state index < -0.39 is 0 Å². The number of aliphatic imine (C=N–C) groups is 1. The van der Waals surface area contributed by atoms with Crippen LogP contribution < -0.4 is 5.32 Å². The molecule has 1 amide bonds. The average Bonchev–Trinajstić information content (AvgIpc) is 3.21. The second-order valence-electron chi connectivity index (χ2n) is 6.90. The molecule has 1 aliphatic carbocycles. The molecular weight excluding hydrogens is 361 g/mol. The first-order valence-electron chi connectivity index (χ1n) is 9.02. The van der Waals surface area contributed by atoms with Gasteiger partial charge in [-0.3, -0.25) is 4.79 Å². The van der Waals surface area contributed by atoms with Gasteiger partial charge in [0.25, 0.3) is 5.91 Å². The normalized spacial score (nSPS) is 18.3. The number of aryl methyl sites for hydroxylation is 2. The molecule has 0 aliphatic heterocycles. The summed E-state index contributed by atoms with van der Waals surface area (Å²) in [5.74, 6) is -0.444. The third kappa shape index (κ3) is 3.62. The molecule has 0 bridgehead atoms. The monoisotopic (exact) mass is 381 g/mol. The Kier molecular flexibility index (Phi) is 4.74. The van der Waals surface area contributed by atoms with Crippen LogP contribution in [0.2, 0.25) is 0 Å². The number of carbonyl (C=O) groups excluding carboxylic acids is 1. The van der Waals surface area contributed by atoms with E-state index in [0.717, 1.165) is 51.4 Å². The Morgan fingerprint density at radius 1 is 1.26 bits per heavy atom. The SMILES string of the molecule is Cc1cccc(C)c1C(=O)N=C1CCC[C@@H]1Nc1nc2ccc(F)cc2s1. The van der Waals surface area contributed by atoms with Gasteiger partial charge >= 0.3 is 0 Å². The van der Waals surface area contributed by atoms with Gasteiger partial charge in [-0.1, -0.05) is 29.5 Å². The van der Waals surface area contributed by atoms with Gasteiger partial charge in [-0.05, 0) is 62.4 Å². The Hall–Kier alpha value is -2.60. The number of anilines is 1. The molecule has 27 heavy (non-hydrogen) atoms. The molecule has 6 heteroatoms. The van der Waals surface area contributed by atoms with Gasteiger partial charge in [-0.15, -0.1) is 0 Å². The molecule has 0 saturated heterocycles. The van der Waals surface area contributed by atoms with Gasteiger partial charge in [0.1, 0.15) is 5.82 Å². The Bertz CT molecular complexity index is 1040. The van der Waals surface area contributed by atoms with Crippen LogP contribution in [-0.2, 0) is 0 Å². The van der Waals surface area contributed by atoms with E-state index in [1.807, 2.05) is 32.0 Å². The number of nitrogens with zero attached hydrogens (tertiary/aromatic N) is 2.